The van der Waals surface area contributed by atoms with Gasteiger partial charge in [0, 0.05) is 41.7 Å². The SMILES string of the molecule is CCn1cncc1CSc1ccc(CNC2CC2)cc1. The quantitative estimate of drug-likeness (QED) is 0.791. The first-order chi connectivity index (χ1) is 9.85. The van der Waals surface area contributed by atoms with Crippen molar-refractivity contribution >= 4 is 11.8 Å². The summed E-state index contributed by atoms with van der Waals surface area (Å²) in [7, 11) is 0. The van der Waals surface area contributed by atoms with E-state index in [2.05, 4.69) is 46.1 Å². The van der Waals surface area contributed by atoms with Crippen molar-refractivity contribution in [1.82, 2.24) is 14.9 Å². The van der Waals surface area contributed by atoms with E-state index >= 15 is 0 Å². The fraction of sp³-hybridized carbons (Fsp3) is 0.438. The lowest BCUT2D eigenvalue weighted by molar-refractivity contribution is 0.687. The molecule has 1 aromatic carbocycles. The zero-order valence-electron chi connectivity index (χ0n) is 11.9. The molecule has 1 aromatic heterocycles. The molecule has 4 heteroatoms. The average molecular weight is 287 g/mol. The van der Waals surface area contributed by atoms with Crippen molar-refractivity contribution in [3.63, 3.8) is 0 Å². The molecule has 1 saturated carbocycles. The van der Waals surface area contributed by atoms with Gasteiger partial charge in [0.05, 0.1) is 6.33 Å². The largest absolute Gasteiger partial charge is 0.334 e. The maximum atomic E-state index is 4.21. The van der Waals surface area contributed by atoms with Crippen LogP contribution in [0.25, 0.3) is 0 Å². The van der Waals surface area contributed by atoms with Crippen molar-refractivity contribution < 1.29 is 0 Å². The first-order valence-electron chi connectivity index (χ1n) is 7.29. The Morgan fingerprint density at radius 3 is 2.80 bits per heavy atom. The maximum Gasteiger partial charge on any atom is 0.0948 e. The molecule has 3 rings (SSSR count). The average Bonchev–Trinajstić information content (AvgIpc) is 3.21. The summed E-state index contributed by atoms with van der Waals surface area (Å²) in [5.41, 5.74) is 2.66. The van der Waals surface area contributed by atoms with Crippen LogP contribution in [0.3, 0.4) is 0 Å². The third-order valence-corrected chi connectivity index (χ3v) is 4.67. The third-order valence-electron chi connectivity index (χ3n) is 3.62. The predicted octanol–water partition coefficient (Wildman–Crippen LogP) is 3.45. The second-order valence-electron chi connectivity index (χ2n) is 5.26. The molecule has 1 heterocycles. The van der Waals surface area contributed by atoms with Gasteiger partial charge in [-0.05, 0) is 37.5 Å². The van der Waals surface area contributed by atoms with Gasteiger partial charge in [0.2, 0.25) is 0 Å². The summed E-state index contributed by atoms with van der Waals surface area (Å²) in [6.45, 7) is 4.14. The van der Waals surface area contributed by atoms with Gasteiger partial charge >= 0.3 is 0 Å². The van der Waals surface area contributed by atoms with Gasteiger partial charge in [0.25, 0.3) is 0 Å². The Hall–Kier alpha value is -1.26. The summed E-state index contributed by atoms with van der Waals surface area (Å²) in [5.74, 6) is 0.980. The first kappa shape index (κ1) is 13.7. The number of nitrogens with zero attached hydrogens (tertiary/aromatic N) is 2. The minimum atomic E-state index is 0.776. The highest BCUT2D eigenvalue weighted by Gasteiger charge is 2.19. The highest BCUT2D eigenvalue weighted by Crippen LogP contribution is 2.23. The topological polar surface area (TPSA) is 29.9 Å². The van der Waals surface area contributed by atoms with E-state index in [4.69, 9.17) is 0 Å². The molecule has 1 fully saturated rings. The number of hydrogen-bond acceptors (Lipinski definition) is 3. The van der Waals surface area contributed by atoms with Gasteiger partial charge in [-0.2, -0.15) is 0 Å². The molecule has 2 aromatic rings. The van der Waals surface area contributed by atoms with Crippen LogP contribution in [-0.2, 0) is 18.8 Å². The molecule has 0 spiro atoms. The fourth-order valence-corrected chi connectivity index (χ4v) is 3.05. The van der Waals surface area contributed by atoms with Crippen LogP contribution in [-0.4, -0.2) is 15.6 Å². The lowest BCUT2D eigenvalue weighted by atomic mass is 10.2. The zero-order chi connectivity index (χ0) is 13.8. The predicted molar refractivity (Wildman–Crippen MR) is 83.8 cm³/mol. The summed E-state index contributed by atoms with van der Waals surface area (Å²) in [6, 6.07) is 9.69. The van der Waals surface area contributed by atoms with Crippen molar-refractivity contribution in [1.29, 1.82) is 0 Å². The molecule has 0 amide bonds. The number of aromatic nitrogens is 2. The molecule has 3 nitrogen and oxygen atoms in total. The number of aryl methyl sites for hydroxylation is 1. The number of thioether (sulfide) groups is 1. The van der Waals surface area contributed by atoms with Crippen LogP contribution in [0, 0.1) is 0 Å². The Morgan fingerprint density at radius 1 is 1.30 bits per heavy atom. The molecule has 1 aliphatic rings. The highest BCUT2D eigenvalue weighted by molar-refractivity contribution is 7.98. The van der Waals surface area contributed by atoms with Gasteiger partial charge < -0.3 is 9.88 Å². The van der Waals surface area contributed by atoms with Gasteiger partial charge in [0.1, 0.15) is 0 Å². The van der Waals surface area contributed by atoms with Gasteiger partial charge in [-0.25, -0.2) is 4.98 Å². The van der Waals surface area contributed by atoms with E-state index < -0.39 is 0 Å². The van der Waals surface area contributed by atoms with Crippen molar-refractivity contribution in [2.75, 3.05) is 0 Å². The number of hydrogen-bond donors (Lipinski definition) is 1. The normalized spacial score (nSPS) is 14.7. The van der Waals surface area contributed by atoms with Crippen LogP contribution < -0.4 is 5.32 Å². The van der Waals surface area contributed by atoms with Crippen LogP contribution in [0.2, 0.25) is 0 Å². The van der Waals surface area contributed by atoms with Gasteiger partial charge in [-0.1, -0.05) is 12.1 Å². The van der Waals surface area contributed by atoms with E-state index in [1.165, 1.54) is 29.0 Å². The molecule has 1 N–H and O–H groups in total. The standard InChI is InChI=1S/C16H21N3S/c1-2-19-12-17-10-15(19)11-20-16-7-3-13(4-8-16)9-18-14-5-6-14/h3-4,7-8,10,12,14,18H,2,5-6,9,11H2,1H3. The summed E-state index contributed by atoms with van der Waals surface area (Å²) in [5, 5.41) is 3.54. The number of rotatable bonds is 7. The highest BCUT2D eigenvalue weighted by atomic mass is 32.2. The summed E-state index contributed by atoms with van der Waals surface area (Å²) >= 11 is 1.87. The molecule has 0 aliphatic heterocycles. The van der Waals surface area contributed by atoms with E-state index in [1.807, 2.05) is 24.3 Å². The first-order valence-corrected chi connectivity index (χ1v) is 8.28. The van der Waals surface area contributed by atoms with E-state index in [-0.39, 0.29) is 0 Å². The minimum Gasteiger partial charge on any atom is -0.334 e. The molecule has 0 atom stereocenters. The van der Waals surface area contributed by atoms with E-state index in [0.717, 1.165) is 24.9 Å². The lowest BCUT2D eigenvalue weighted by Crippen LogP contribution is -2.14. The van der Waals surface area contributed by atoms with Gasteiger partial charge in [-0.15, -0.1) is 11.8 Å². The van der Waals surface area contributed by atoms with Crippen LogP contribution >= 0.6 is 11.8 Å². The fourth-order valence-electron chi connectivity index (χ4n) is 2.16. The monoisotopic (exact) mass is 287 g/mol. The number of benzene rings is 1. The molecule has 0 unspecified atom stereocenters. The second-order valence-corrected chi connectivity index (χ2v) is 6.31. The molecular formula is C16H21N3S. The van der Waals surface area contributed by atoms with Crippen LogP contribution in [0.15, 0.2) is 41.7 Å². The van der Waals surface area contributed by atoms with Crippen LogP contribution in [0.1, 0.15) is 31.0 Å². The van der Waals surface area contributed by atoms with E-state index in [1.54, 1.807) is 0 Å². The Balaban J connectivity index is 1.52. The molecule has 106 valence electrons. The zero-order valence-corrected chi connectivity index (χ0v) is 12.7. The lowest BCUT2D eigenvalue weighted by Gasteiger charge is -2.06. The molecule has 1 aliphatic carbocycles. The third kappa shape index (κ3) is 3.64. The Morgan fingerprint density at radius 2 is 2.10 bits per heavy atom. The number of imidazole rings is 1. The molecule has 0 radical (unpaired) electrons. The van der Waals surface area contributed by atoms with Crippen molar-refractivity contribution in [3.8, 4) is 0 Å². The summed E-state index contributed by atoms with van der Waals surface area (Å²) in [4.78, 5) is 5.53. The Kier molecular flexibility index (Phi) is 4.43. The summed E-state index contributed by atoms with van der Waals surface area (Å²) in [6.07, 6.45) is 6.56. The number of nitrogens with one attached hydrogen (secondary N) is 1. The Labute approximate surface area is 124 Å². The van der Waals surface area contributed by atoms with E-state index in [9.17, 15) is 0 Å². The molecule has 0 saturated heterocycles. The van der Waals surface area contributed by atoms with Crippen LogP contribution in [0.5, 0.6) is 0 Å². The van der Waals surface area contributed by atoms with E-state index in [0.29, 0.717) is 0 Å². The Bertz CT molecular complexity index is 543. The molecule has 0 bridgehead atoms. The maximum absolute atomic E-state index is 4.21. The van der Waals surface area contributed by atoms with Crippen molar-refractivity contribution in [3.05, 3.63) is 48.0 Å². The van der Waals surface area contributed by atoms with Crippen LogP contribution in [0.4, 0.5) is 0 Å². The second kappa shape index (κ2) is 6.46. The smallest absolute Gasteiger partial charge is 0.0948 e. The van der Waals surface area contributed by atoms with Gasteiger partial charge in [0.15, 0.2) is 0 Å². The minimum absolute atomic E-state index is 0.776. The molecular weight excluding hydrogens is 266 g/mol. The van der Waals surface area contributed by atoms with Crippen molar-refractivity contribution in [2.24, 2.45) is 0 Å². The van der Waals surface area contributed by atoms with Crippen molar-refractivity contribution in [2.45, 2.75) is 49.5 Å². The summed E-state index contributed by atoms with van der Waals surface area (Å²) < 4.78 is 2.20. The van der Waals surface area contributed by atoms with Gasteiger partial charge in [-0.3, -0.25) is 0 Å². The molecule has 20 heavy (non-hydrogen) atoms.